The van der Waals surface area contributed by atoms with E-state index >= 15 is 0 Å². The lowest BCUT2D eigenvalue weighted by molar-refractivity contribution is -0.124. The van der Waals surface area contributed by atoms with E-state index in [1.165, 1.54) is 12.1 Å². The van der Waals surface area contributed by atoms with Gasteiger partial charge in [-0.05, 0) is 31.8 Å². The molecular formula is C18H21FN2O2. The number of carbonyl (C=O) groups excluding carboxylic acids is 1. The highest BCUT2D eigenvalue weighted by molar-refractivity contribution is 5.78. The number of hydrogen-bond donors (Lipinski definition) is 1. The van der Waals surface area contributed by atoms with Gasteiger partial charge in [0.1, 0.15) is 11.6 Å². The molecule has 122 valence electrons. The molecule has 1 unspecified atom stereocenters. The zero-order chi connectivity index (χ0) is 16.7. The van der Waals surface area contributed by atoms with Gasteiger partial charge in [0.25, 0.3) is 5.91 Å². The van der Waals surface area contributed by atoms with Crippen molar-refractivity contribution in [3.8, 4) is 5.75 Å². The summed E-state index contributed by atoms with van der Waals surface area (Å²) in [5, 5.41) is 2.95. The monoisotopic (exact) mass is 316 g/mol. The highest BCUT2D eigenvalue weighted by atomic mass is 19.1. The average Bonchev–Trinajstić information content (AvgIpc) is 2.53. The number of nitrogens with one attached hydrogen (secondary N) is 1. The molecule has 4 nitrogen and oxygen atoms in total. The molecule has 5 heteroatoms. The predicted molar refractivity (Wildman–Crippen MR) is 87.8 cm³/mol. The summed E-state index contributed by atoms with van der Waals surface area (Å²) in [6.07, 6.45) is 0. The van der Waals surface area contributed by atoms with Gasteiger partial charge in [-0.25, -0.2) is 4.39 Å². The Bertz CT molecular complexity index is 632. The molecule has 0 saturated heterocycles. The minimum absolute atomic E-state index is 0.130. The standard InChI is InChI=1S/C18H21FN2O2/c1-21(2)12-17(14-7-4-3-5-8-14)20-18(22)13-23-16-10-6-9-15(19)11-16/h3-11,17H,12-13H2,1-2H3,(H,20,22). The first-order valence-electron chi connectivity index (χ1n) is 7.42. The van der Waals surface area contributed by atoms with Crippen molar-refractivity contribution >= 4 is 5.91 Å². The smallest absolute Gasteiger partial charge is 0.258 e. The van der Waals surface area contributed by atoms with Crippen LogP contribution in [0.1, 0.15) is 11.6 Å². The van der Waals surface area contributed by atoms with Crippen molar-refractivity contribution in [3.05, 3.63) is 66.0 Å². The second-order valence-electron chi connectivity index (χ2n) is 5.54. The summed E-state index contributed by atoms with van der Waals surface area (Å²) in [5.74, 6) is -0.299. The van der Waals surface area contributed by atoms with Crippen molar-refractivity contribution in [2.45, 2.75) is 6.04 Å². The molecule has 0 fully saturated rings. The van der Waals surface area contributed by atoms with E-state index in [1.54, 1.807) is 12.1 Å². The summed E-state index contributed by atoms with van der Waals surface area (Å²) in [6.45, 7) is 0.524. The third-order valence-electron chi connectivity index (χ3n) is 3.25. The maximum Gasteiger partial charge on any atom is 0.258 e. The Morgan fingerprint density at radius 1 is 1.17 bits per heavy atom. The van der Waals surface area contributed by atoms with Gasteiger partial charge >= 0.3 is 0 Å². The van der Waals surface area contributed by atoms with Crippen LogP contribution in [0.2, 0.25) is 0 Å². The van der Waals surface area contributed by atoms with E-state index < -0.39 is 5.82 Å². The third kappa shape index (κ3) is 5.71. The summed E-state index contributed by atoms with van der Waals surface area (Å²) < 4.78 is 18.4. The van der Waals surface area contributed by atoms with Gasteiger partial charge in [0, 0.05) is 12.6 Å². The highest BCUT2D eigenvalue weighted by Crippen LogP contribution is 2.14. The molecule has 0 aromatic heterocycles. The molecule has 2 aromatic rings. The van der Waals surface area contributed by atoms with Gasteiger partial charge in [0.2, 0.25) is 0 Å². The molecule has 1 atom stereocenters. The van der Waals surface area contributed by atoms with Crippen LogP contribution in [0.15, 0.2) is 54.6 Å². The fraction of sp³-hybridized carbons (Fsp3) is 0.278. The van der Waals surface area contributed by atoms with Gasteiger partial charge in [-0.2, -0.15) is 0 Å². The Balaban J connectivity index is 1.95. The topological polar surface area (TPSA) is 41.6 Å². The van der Waals surface area contributed by atoms with Gasteiger partial charge in [-0.3, -0.25) is 4.79 Å². The average molecular weight is 316 g/mol. The molecule has 23 heavy (non-hydrogen) atoms. The molecule has 2 rings (SSSR count). The number of benzene rings is 2. The fourth-order valence-corrected chi connectivity index (χ4v) is 2.23. The van der Waals surface area contributed by atoms with Crippen molar-refractivity contribution in [2.24, 2.45) is 0 Å². The number of amides is 1. The number of likely N-dealkylation sites (N-methyl/N-ethyl adjacent to an activating group) is 1. The van der Waals surface area contributed by atoms with Gasteiger partial charge in [-0.1, -0.05) is 36.4 Å². The van der Waals surface area contributed by atoms with Crippen LogP contribution in [-0.4, -0.2) is 38.1 Å². The highest BCUT2D eigenvalue weighted by Gasteiger charge is 2.15. The molecule has 0 aliphatic carbocycles. The van der Waals surface area contributed by atoms with E-state index in [4.69, 9.17) is 4.74 Å². The van der Waals surface area contributed by atoms with E-state index in [-0.39, 0.29) is 18.6 Å². The van der Waals surface area contributed by atoms with E-state index in [0.29, 0.717) is 12.3 Å². The molecule has 0 radical (unpaired) electrons. The van der Waals surface area contributed by atoms with Gasteiger partial charge < -0.3 is 15.0 Å². The summed E-state index contributed by atoms with van der Waals surface area (Å²) in [4.78, 5) is 14.1. The Labute approximate surface area is 135 Å². The number of ether oxygens (including phenoxy) is 1. The largest absolute Gasteiger partial charge is 0.484 e. The number of nitrogens with zero attached hydrogens (tertiary/aromatic N) is 1. The fourth-order valence-electron chi connectivity index (χ4n) is 2.23. The molecule has 2 aromatic carbocycles. The Morgan fingerprint density at radius 3 is 2.57 bits per heavy atom. The molecule has 0 saturated carbocycles. The van der Waals surface area contributed by atoms with Crippen molar-refractivity contribution in [2.75, 3.05) is 27.2 Å². The first-order valence-corrected chi connectivity index (χ1v) is 7.42. The number of halogens is 1. The molecule has 0 bridgehead atoms. The molecular weight excluding hydrogens is 295 g/mol. The van der Waals surface area contributed by atoms with Crippen LogP contribution in [0.4, 0.5) is 4.39 Å². The predicted octanol–water partition coefficient (Wildman–Crippen LogP) is 2.62. The minimum Gasteiger partial charge on any atom is -0.484 e. The molecule has 0 heterocycles. The Kier molecular flexibility index (Phi) is 6.11. The van der Waals surface area contributed by atoms with Crippen LogP contribution in [0, 0.1) is 5.82 Å². The first-order chi connectivity index (χ1) is 11.0. The van der Waals surface area contributed by atoms with Crippen molar-refractivity contribution in [3.63, 3.8) is 0 Å². The van der Waals surface area contributed by atoms with Crippen molar-refractivity contribution in [1.82, 2.24) is 10.2 Å². The van der Waals surface area contributed by atoms with Crippen LogP contribution in [0.5, 0.6) is 5.75 Å². The van der Waals surface area contributed by atoms with Crippen LogP contribution >= 0.6 is 0 Å². The molecule has 0 spiro atoms. The van der Waals surface area contributed by atoms with Crippen LogP contribution < -0.4 is 10.1 Å². The third-order valence-corrected chi connectivity index (χ3v) is 3.25. The Hall–Kier alpha value is -2.40. The SMILES string of the molecule is CN(C)CC(NC(=O)COc1cccc(F)c1)c1ccccc1. The zero-order valence-corrected chi connectivity index (χ0v) is 13.3. The zero-order valence-electron chi connectivity index (χ0n) is 13.3. The summed E-state index contributed by atoms with van der Waals surface area (Å²) in [7, 11) is 3.90. The lowest BCUT2D eigenvalue weighted by Gasteiger charge is -2.23. The number of hydrogen-bond acceptors (Lipinski definition) is 3. The van der Waals surface area contributed by atoms with Crippen molar-refractivity contribution in [1.29, 1.82) is 0 Å². The van der Waals surface area contributed by atoms with Crippen LogP contribution in [0.3, 0.4) is 0 Å². The second-order valence-corrected chi connectivity index (χ2v) is 5.54. The quantitative estimate of drug-likeness (QED) is 0.854. The normalized spacial score (nSPS) is 12.0. The molecule has 0 aliphatic heterocycles. The van der Waals surface area contributed by atoms with Gasteiger partial charge in [-0.15, -0.1) is 0 Å². The van der Waals surface area contributed by atoms with Crippen molar-refractivity contribution < 1.29 is 13.9 Å². The van der Waals surface area contributed by atoms with E-state index in [9.17, 15) is 9.18 Å². The van der Waals surface area contributed by atoms with Crippen LogP contribution in [-0.2, 0) is 4.79 Å². The van der Waals surface area contributed by atoms with E-state index in [1.807, 2.05) is 49.3 Å². The van der Waals surface area contributed by atoms with E-state index in [2.05, 4.69) is 5.32 Å². The molecule has 0 aliphatic rings. The summed E-state index contributed by atoms with van der Waals surface area (Å²) in [5.41, 5.74) is 1.03. The maximum atomic E-state index is 13.1. The maximum absolute atomic E-state index is 13.1. The van der Waals surface area contributed by atoms with E-state index in [0.717, 1.165) is 5.56 Å². The molecule has 1 N–H and O–H groups in total. The summed E-state index contributed by atoms with van der Waals surface area (Å²) in [6, 6.07) is 15.4. The van der Waals surface area contributed by atoms with Gasteiger partial charge in [0.15, 0.2) is 6.61 Å². The number of rotatable bonds is 7. The Morgan fingerprint density at radius 2 is 1.91 bits per heavy atom. The lowest BCUT2D eigenvalue weighted by atomic mass is 10.1. The van der Waals surface area contributed by atoms with Gasteiger partial charge in [0.05, 0.1) is 6.04 Å². The minimum atomic E-state index is -0.391. The lowest BCUT2D eigenvalue weighted by Crippen LogP contribution is -2.37. The summed E-state index contributed by atoms with van der Waals surface area (Å²) >= 11 is 0. The van der Waals surface area contributed by atoms with Crippen LogP contribution in [0.25, 0.3) is 0 Å². The second kappa shape index (κ2) is 8.29. The molecule has 1 amide bonds. The first kappa shape index (κ1) is 17.0. The number of carbonyl (C=O) groups is 1.